The Labute approximate surface area is 93.8 Å². The Morgan fingerprint density at radius 2 is 1.93 bits per heavy atom. The molecule has 3 heteroatoms. The molecule has 0 radical (unpaired) electrons. The highest BCUT2D eigenvalue weighted by atomic mass is 32.2. The van der Waals surface area contributed by atoms with E-state index in [9.17, 15) is 0 Å². The Balaban J connectivity index is 3.63. The third-order valence-corrected chi connectivity index (χ3v) is 3.00. The van der Waals surface area contributed by atoms with Gasteiger partial charge in [-0.2, -0.15) is 11.8 Å². The van der Waals surface area contributed by atoms with E-state index >= 15 is 0 Å². The van der Waals surface area contributed by atoms with E-state index in [2.05, 4.69) is 44.4 Å². The molecule has 0 saturated heterocycles. The Hall–Kier alpha value is 0.270. The van der Waals surface area contributed by atoms with E-state index in [0.29, 0.717) is 12.0 Å². The molecular weight excluding hydrogens is 192 g/mol. The second kappa shape index (κ2) is 8.57. The molecule has 0 aliphatic carbocycles. The van der Waals surface area contributed by atoms with E-state index in [0.717, 1.165) is 13.1 Å². The number of nitrogens with one attached hydrogen (secondary N) is 1. The quantitative estimate of drug-likeness (QED) is 0.627. The maximum Gasteiger partial charge on any atom is 0.0217 e. The highest BCUT2D eigenvalue weighted by Crippen LogP contribution is 2.03. The van der Waals surface area contributed by atoms with Crippen LogP contribution in [0.15, 0.2) is 0 Å². The van der Waals surface area contributed by atoms with Crippen LogP contribution in [0.2, 0.25) is 0 Å². The van der Waals surface area contributed by atoms with Crippen molar-refractivity contribution in [3.63, 3.8) is 0 Å². The topological polar surface area (TPSA) is 15.3 Å². The molecule has 0 aromatic carbocycles. The normalized spacial score (nSPS) is 13.9. The van der Waals surface area contributed by atoms with Crippen LogP contribution < -0.4 is 5.32 Å². The van der Waals surface area contributed by atoms with Gasteiger partial charge < -0.3 is 10.2 Å². The number of hydrogen-bond acceptors (Lipinski definition) is 3. The highest BCUT2D eigenvalue weighted by molar-refractivity contribution is 7.98. The van der Waals surface area contributed by atoms with E-state index in [1.54, 1.807) is 0 Å². The van der Waals surface area contributed by atoms with Crippen molar-refractivity contribution < 1.29 is 0 Å². The Morgan fingerprint density at radius 3 is 2.36 bits per heavy atom. The minimum atomic E-state index is 0.631. The second-order valence-corrected chi connectivity index (χ2v) is 5.40. The van der Waals surface area contributed by atoms with Crippen molar-refractivity contribution in [1.82, 2.24) is 10.2 Å². The monoisotopic (exact) mass is 218 g/mol. The van der Waals surface area contributed by atoms with Gasteiger partial charge in [0.1, 0.15) is 0 Å². The molecule has 1 N–H and O–H groups in total. The predicted octanol–water partition coefficient (Wildman–Crippen LogP) is 1.92. The van der Waals surface area contributed by atoms with Crippen LogP contribution in [0.1, 0.15) is 20.3 Å². The maximum absolute atomic E-state index is 3.63. The first-order chi connectivity index (χ1) is 6.57. The van der Waals surface area contributed by atoms with Gasteiger partial charge in [-0.3, -0.25) is 0 Å². The van der Waals surface area contributed by atoms with Gasteiger partial charge in [-0.1, -0.05) is 13.8 Å². The van der Waals surface area contributed by atoms with Gasteiger partial charge in [0.25, 0.3) is 0 Å². The first-order valence-corrected chi connectivity index (χ1v) is 6.84. The molecule has 0 amide bonds. The molecule has 2 nitrogen and oxygen atoms in total. The fourth-order valence-electron chi connectivity index (χ4n) is 1.41. The van der Waals surface area contributed by atoms with Crippen molar-refractivity contribution in [3.8, 4) is 0 Å². The van der Waals surface area contributed by atoms with Gasteiger partial charge >= 0.3 is 0 Å². The summed E-state index contributed by atoms with van der Waals surface area (Å²) in [7, 11) is 4.28. The average molecular weight is 218 g/mol. The largest absolute Gasteiger partial charge is 0.312 e. The van der Waals surface area contributed by atoms with Gasteiger partial charge in [-0.25, -0.2) is 0 Å². The average Bonchev–Trinajstić information content (AvgIpc) is 2.09. The zero-order valence-corrected chi connectivity index (χ0v) is 11.2. The summed E-state index contributed by atoms with van der Waals surface area (Å²) in [6, 6.07) is 0.631. The molecule has 0 aromatic heterocycles. The fourth-order valence-corrected chi connectivity index (χ4v) is 1.84. The van der Waals surface area contributed by atoms with Crippen LogP contribution in [0.25, 0.3) is 0 Å². The number of thioether (sulfide) groups is 1. The third kappa shape index (κ3) is 7.65. The maximum atomic E-state index is 3.63. The lowest BCUT2D eigenvalue weighted by Gasteiger charge is -2.25. The third-order valence-electron chi connectivity index (χ3n) is 2.30. The van der Waals surface area contributed by atoms with Gasteiger partial charge in [0.15, 0.2) is 0 Å². The van der Waals surface area contributed by atoms with Crippen molar-refractivity contribution in [2.24, 2.45) is 5.92 Å². The Kier molecular flexibility index (Phi) is 8.73. The number of rotatable bonds is 8. The lowest BCUT2D eigenvalue weighted by atomic mass is 10.0. The molecule has 0 fully saturated rings. The van der Waals surface area contributed by atoms with E-state index < -0.39 is 0 Å². The molecular formula is C11H26N2S. The van der Waals surface area contributed by atoms with E-state index in [1.807, 2.05) is 11.8 Å². The zero-order chi connectivity index (χ0) is 11.0. The molecule has 1 unspecified atom stereocenters. The molecule has 0 aromatic rings. The highest BCUT2D eigenvalue weighted by Gasteiger charge is 2.12. The molecule has 0 aliphatic heterocycles. The molecule has 0 saturated carbocycles. The standard InChI is InChI=1S/C11H26N2S/c1-10(2)11(9-13(3)4)12-7-6-8-14-5/h10-12H,6-9H2,1-5H3. The molecule has 14 heavy (non-hydrogen) atoms. The summed E-state index contributed by atoms with van der Waals surface area (Å²) in [5.74, 6) is 1.98. The van der Waals surface area contributed by atoms with Crippen molar-refractivity contribution in [2.45, 2.75) is 26.3 Å². The van der Waals surface area contributed by atoms with Gasteiger partial charge in [0, 0.05) is 12.6 Å². The molecule has 0 rings (SSSR count). The lowest BCUT2D eigenvalue weighted by Crippen LogP contribution is -2.42. The number of hydrogen-bond donors (Lipinski definition) is 1. The van der Waals surface area contributed by atoms with Crippen LogP contribution >= 0.6 is 11.8 Å². The first-order valence-electron chi connectivity index (χ1n) is 5.45. The Morgan fingerprint density at radius 1 is 1.29 bits per heavy atom. The predicted molar refractivity (Wildman–Crippen MR) is 68.2 cm³/mol. The van der Waals surface area contributed by atoms with E-state index in [4.69, 9.17) is 0 Å². The van der Waals surface area contributed by atoms with Crippen molar-refractivity contribution in [1.29, 1.82) is 0 Å². The summed E-state index contributed by atoms with van der Waals surface area (Å²) in [5.41, 5.74) is 0. The number of nitrogens with zero attached hydrogens (tertiary/aromatic N) is 1. The summed E-state index contributed by atoms with van der Waals surface area (Å²) in [6.45, 7) is 6.86. The molecule has 86 valence electrons. The van der Waals surface area contributed by atoms with Gasteiger partial charge in [0.05, 0.1) is 0 Å². The van der Waals surface area contributed by atoms with E-state index in [1.165, 1.54) is 12.2 Å². The molecule has 0 spiro atoms. The van der Waals surface area contributed by atoms with Gasteiger partial charge in [0.2, 0.25) is 0 Å². The van der Waals surface area contributed by atoms with Gasteiger partial charge in [-0.15, -0.1) is 0 Å². The van der Waals surface area contributed by atoms with Gasteiger partial charge in [-0.05, 0) is 45.0 Å². The minimum Gasteiger partial charge on any atom is -0.312 e. The van der Waals surface area contributed by atoms with Crippen LogP contribution in [0.5, 0.6) is 0 Å². The summed E-state index contributed by atoms with van der Waals surface area (Å²) < 4.78 is 0. The molecule has 0 heterocycles. The van der Waals surface area contributed by atoms with Crippen LogP contribution in [-0.4, -0.2) is 50.1 Å². The lowest BCUT2D eigenvalue weighted by molar-refractivity contribution is 0.290. The van der Waals surface area contributed by atoms with Crippen LogP contribution in [0.3, 0.4) is 0 Å². The molecule has 0 aliphatic rings. The zero-order valence-electron chi connectivity index (χ0n) is 10.3. The summed E-state index contributed by atoms with van der Waals surface area (Å²) in [5, 5.41) is 3.63. The van der Waals surface area contributed by atoms with Crippen LogP contribution in [0.4, 0.5) is 0 Å². The fraction of sp³-hybridized carbons (Fsp3) is 1.00. The second-order valence-electron chi connectivity index (χ2n) is 4.41. The SMILES string of the molecule is CSCCCNC(CN(C)C)C(C)C. The summed E-state index contributed by atoms with van der Waals surface area (Å²) in [4.78, 5) is 2.26. The smallest absolute Gasteiger partial charge is 0.0217 e. The first kappa shape index (κ1) is 14.3. The summed E-state index contributed by atoms with van der Waals surface area (Å²) in [6.07, 6.45) is 3.44. The molecule has 1 atom stereocenters. The Bertz CT molecular complexity index is 126. The van der Waals surface area contributed by atoms with Crippen LogP contribution in [-0.2, 0) is 0 Å². The van der Waals surface area contributed by atoms with Crippen LogP contribution in [0, 0.1) is 5.92 Å². The summed E-state index contributed by atoms with van der Waals surface area (Å²) >= 11 is 1.93. The minimum absolute atomic E-state index is 0.631. The number of likely N-dealkylation sites (N-methyl/N-ethyl adjacent to an activating group) is 1. The van der Waals surface area contributed by atoms with Crippen molar-refractivity contribution in [3.05, 3.63) is 0 Å². The van der Waals surface area contributed by atoms with Crippen molar-refractivity contribution in [2.75, 3.05) is 39.2 Å². The van der Waals surface area contributed by atoms with E-state index in [-0.39, 0.29) is 0 Å². The molecule has 0 bridgehead atoms. The van der Waals surface area contributed by atoms with Crippen molar-refractivity contribution >= 4 is 11.8 Å².